The summed E-state index contributed by atoms with van der Waals surface area (Å²) in [6, 6.07) is 15.5. The van der Waals surface area contributed by atoms with E-state index in [0.717, 1.165) is 6.42 Å². The molecule has 2 aromatic rings. The van der Waals surface area contributed by atoms with Crippen molar-refractivity contribution < 1.29 is 14.5 Å². The zero-order valence-electron chi connectivity index (χ0n) is 15.9. The summed E-state index contributed by atoms with van der Waals surface area (Å²) in [6.07, 6.45) is 0.786. The van der Waals surface area contributed by atoms with Gasteiger partial charge in [-0.05, 0) is 32.1 Å². The fourth-order valence-corrected chi connectivity index (χ4v) is 2.64. The SMILES string of the molecule is CN(C)C(CNC(=O)CNC(=O)c1cccc([N+](=O)[O-])c1)Cc1ccccc1. The highest BCUT2D eigenvalue weighted by atomic mass is 16.6. The van der Waals surface area contributed by atoms with Crippen molar-refractivity contribution in [2.24, 2.45) is 0 Å². The van der Waals surface area contributed by atoms with Gasteiger partial charge in [0, 0.05) is 30.3 Å². The topological polar surface area (TPSA) is 105 Å². The van der Waals surface area contributed by atoms with Crippen LogP contribution >= 0.6 is 0 Å². The van der Waals surface area contributed by atoms with E-state index in [9.17, 15) is 19.7 Å². The molecule has 28 heavy (non-hydrogen) atoms. The summed E-state index contributed by atoms with van der Waals surface area (Å²) in [7, 11) is 3.90. The first-order valence-electron chi connectivity index (χ1n) is 8.86. The molecule has 0 aromatic heterocycles. The molecular formula is C20H24N4O4. The van der Waals surface area contributed by atoms with Crippen LogP contribution in [0.1, 0.15) is 15.9 Å². The van der Waals surface area contributed by atoms with Crippen molar-refractivity contribution in [3.05, 3.63) is 75.8 Å². The van der Waals surface area contributed by atoms with Crippen LogP contribution in [0.5, 0.6) is 0 Å². The average Bonchev–Trinajstić information content (AvgIpc) is 2.69. The molecular weight excluding hydrogens is 360 g/mol. The van der Waals surface area contributed by atoms with Gasteiger partial charge in [-0.25, -0.2) is 0 Å². The first kappa shape index (κ1) is 21.0. The van der Waals surface area contributed by atoms with Crippen molar-refractivity contribution in [3.8, 4) is 0 Å². The lowest BCUT2D eigenvalue weighted by atomic mass is 10.1. The molecule has 148 valence electrons. The van der Waals surface area contributed by atoms with E-state index in [1.54, 1.807) is 0 Å². The molecule has 0 aliphatic heterocycles. The van der Waals surface area contributed by atoms with E-state index < -0.39 is 10.8 Å². The highest BCUT2D eigenvalue weighted by molar-refractivity contribution is 5.96. The number of nitrogens with one attached hydrogen (secondary N) is 2. The van der Waals surface area contributed by atoms with Gasteiger partial charge in [-0.2, -0.15) is 0 Å². The first-order valence-corrected chi connectivity index (χ1v) is 8.86. The molecule has 0 heterocycles. The van der Waals surface area contributed by atoms with Crippen LogP contribution in [0.4, 0.5) is 5.69 Å². The minimum absolute atomic E-state index is 0.110. The van der Waals surface area contributed by atoms with Gasteiger partial charge in [-0.15, -0.1) is 0 Å². The average molecular weight is 384 g/mol. The van der Waals surface area contributed by atoms with Crippen molar-refractivity contribution in [2.45, 2.75) is 12.5 Å². The lowest BCUT2D eigenvalue weighted by Crippen LogP contribution is -2.44. The number of nitro groups is 1. The van der Waals surface area contributed by atoms with E-state index in [4.69, 9.17) is 0 Å². The van der Waals surface area contributed by atoms with Crippen LogP contribution in [0.3, 0.4) is 0 Å². The molecule has 0 saturated carbocycles. The molecule has 0 spiro atoms. The van der Waals surface area contributed by atoms with Gasteiger partial charge in [0.1, 0.15) is 0 Å². The van der Waals surface area contributed by atoms with Crippen molar-refractivity contribution in [3.63, 3.8) is 0 Å². The molecule has 1 atom stereocenters. The van der Waals surface area contributed by atoms with Crippen LogP contribution in [0, 0.1) is 10.1 Å². The summed E-state index contributed by atoms with van der Waals surface area (Å²) < 4.78 is 0. The maximum absolute atomic E-state index is 12.1. The Morgan fingerprint density at radius 2 is 1.79 bits per heavy atom. The highest BCUT2D eigenvalue weighted by Crippen LogP contribution is 2.12. The molecule has 0 aliphatic carbocycles. The van der Waals surface area contributed by atoms with Crippen LogP contribution in [0.25, 0.3) is 0 Å². The van der Waals surface area contributed by atoms with Crippen LogP contribution in [-0.4, -0.2) is 54.9 Å². The Kier molecular flexibility index (Phi) is 7.65. The third kappa shape index (κ3) is 6.48. The van der Waals surface area contributed by atoms with E-state index in [2.05, 4.69) is 10.6 Å². The number of likely N-dealkylation sites (N-methyl/N-ethyl adjacent to an activating group) is 1. The summed E-state index contributed by atoms with van der Waals surface area (Å²) >= 11 is 0. The third-order valence-electron chi connectivity index (χ3n) is 4.31. The Morgan fingerprint density at radius 3 is 2.43 bits per heavy atom. The van der Waals surface area contributed by atoms with E-state index in [0.29, 0.717) is 6.54 Å². The second-order valence-electron chi connectivity index (χ2n) is 6.60. The number of nitro benzene ring substituents is 1. The first-order chi connectivity index (χ1) is 13.4. The van der Waals surface area contributed by atoms with Gasteiger partial charge < -0.3 is 15.5 Å². The monoisotopic (exact) mass is 384 g/mol. The van der Waals surface area contributed by atoms with Gasteiger partial charge in [0.25, 0.3) is 11.6 Å². The Labute approximate surface area is 163 Å². The molecule has 8 heteroatoms. The molecule has 2 N–H and O–H groups in total. The van der Waals surface area contributed by atoms with Crippen molar-refractivity contribution in [1.29, 1.82) is 0 Å². The zero-order chi connectivity index (χ0) is 20.5. The molecule has 0 aliphatic rings. The van der Waals surface area contributed by atoms with Gasteiger partial charge in [-0.1, -0.05) is 36.4 Å². The number of carbonyl (C=O) groups is 2. The van der Waals surface area contributed by atoms with Crippen LogP contribution in [-0.2, 0) is 11.2 Å². The fraction of sp³-hybridized carbons (Fsp3) is 0.300. The quantitative estimate of drug-likeness (QED) is 0.505. The molecule has 0 fully saturated rings. The van der Waals surface area contributed by atoms with Crippen LogP contribution in [0.2, 0.25) is 0 Å². The zero-order valence-corrected chi connectivity index (χ0v) is 15.9. The van der Waals surface area contributed by atoms with Crippen molar-refractivity contribution in [1.82, 2.24) is 15.5 Å². The van der Waals surface area contributed by atoms with Crippen LogP contribution in [0.15, 0.2) is 54.6 Å². The molecule has 0 saturated heterocycles. The smallest absolute Gasteiger partial charge is 0.270 e. The highest BCUT2D eigenvalue weighted by Gasteiger charge is 2.15. The number of benzene rings is 2. The predicted molar refractivity (Wildman–Crippen MR) is 106 cm³/mol. The molecule has 2 aromatic carbocycles. The summed E-state index contributed by atoms with van der Waals surface area (Å²) in [5.41, 5.74) is 1.14. The summed E-state index contributed by atoms with van der Waals surface area (Å²) in [5.74, 6) is -0.856. The van der Waals surface area contributed by atoms with E-state index >= 15 is 0 Å². The second kappa shape index (κ2) is 10.2. The van der Waals surface area contributed by atoms with Gasteiger partial charge in [0.2, 0.25) is 5.91 Å². The molecule has 2 amide bonds. The molecule has 0 radical (unpaired) electrons. The minimum Gasteiger partial charge on any atom is -0.353 e. The predicted octanol–water partition coefficient (Wildman–Crippen LogP) is 1.61. The fourth-order valence-electron chi connectivity index (χ4n) is 2.64. The molecule has 0 bridgehead atoms. The summed E-state index contributed by atoms with van der Waals surface area (Å²) in [5, 5.41) is 16.1. The van der Waals surface area contributed by atoms with Gasteiger partial charge in [0.15, 0.2) is 0 Å². The van der Waals surface area contributed by atoms with E-state index in [1.807, 2.05) is 49.3 Å². The molecule has 8 nitrogen and oxygen atoms in total. The Bertz CT molecular complexity index is 824. The van der Waals surface area contributed by atoms with E-state index in [-0.39, 0.29) is 29.7 Å². The maximum Gasteiger partial charge on any atom is 0.270 e. The Balaban J connectivity index is 1.83. The van der Waals surface area contributed by atoms with Crippen LogP contribution < -0.4 is 10.6 Å². The van der Waals surface area contributed by atoms with Gasteiger partial charge in [0.05, 0.1) is 11.5 Å². The molecule has 2 rings (SSSR count). The number of nitrogens with zero attached hydrogens (tertiary/aromatic N) is 2. The van der Waals surface area contributed by atoms with E-state index in [1.165, 1.54) is 29.8 Å². The second-order valence-corrected chi connectivity index (χ2v) is 6.60. The van der Waals surface area contributed by atoms with Crippen molar-refractivity contribution in [2.75, 3.05) is 27.2 Å². The minimum atomic E-state index is -0.572. The summed E-state index contributed by atoms with van der Waals surface area (Å²) in [4.78, 5) is 36.4. The standard InChI is InChI=1S/C20H24N4O4/c1-23(2)18(11-15-7-4-3-5-8-15)13-21-19(25)14-22-20(26)16-9-6-10-17(12-16)24(27)28/h3-10,12,18H,11,13-14H2,1-2H3,(H,21,25)(H,22,26). The Morgan fingerprint density at radius 1 is 1.07 bits per heavy atom. The number of carbonyl (C=O) groups excluding carboxylic acids is 2. The number of hydrogen-bond donors (Lipinski definition) is 2. The normalized spacial score (nSPS) is 11.7. The number of amides is 2. The third-order valence-corrected chi connectivity index (χ3v) is 4.31. The number of non-ortho nitro benzene ring substituents is 1. The van der Waals surface area contributed by atoms with Gasteiger partial charge in [-0.3, -0.25) is 19.7 Å². The molecule has 1 unspecified atom stereocenters. The van der Waals surface area contributed by atoms with Crippen molar-refractivity contribution >= 4 is 17.5 Å². The Hall–Kier alpha value is -3.26. The largest absolute Gasteiger partial charge is 0.353 e. The lowest BCUT2D eigenvalue weighted by molar-refractivity contribution is -0.384. The maximum atomic E-state index is 12.1. The number of hydrogen-bond acceptors (Lipinski definition) is 5. The van der Waals surface area contributed by atoms with Gasteiger partial charge >= 0.3 is 0 Å². The number of rotatable bonds is 9. The lowest BCUT2D eigenvalue weighted by Gasteiger charge is -2.24. The summed E-state index contributed by atoms with van der Waals surface area (Å²) in [6.45, 7) is 0.237.